The summed E-state index contributed by atoms with van der Waals surface area (Å²) >= 11 is 0. The molecule has 0 aromatic heterocycles. The van der Waals surface area contributed by atoms with Crippen LogP contribution in [0.25, 0.3) is 0 Å². The Labute approximate surface area is 353 Å². The Bertz CT molecular complexity index is 1560. The van der Waals surface area contributed by atoms with Gasteiger partial charge in [-0.15, -0.1) is 0 Å². The van der Waals surface area contributed by atoms with Crippen LogP contribution in [-0.4, -0.2) is 116 Å². The smallest absolute Gasteiger partial charge is 0.412 e. The zero-order valence-corrected chi connectivity index (χ0v) is 35.5. The normalized spacial score (nSPS) is 11.0. The summed E-state index contributed by atoms with van der Waals surface area (Å²) in [6.07, 6.45) is 0.391. The highest BCUT2D eigenvalue weighted by molar-refractivity contribution is 5.68. The van der Waals surface area contributed by atoms with Crippen LogP contribution in [0.15, 0.2) is 97.1 Å². The molecule has 0 atom stereocenters. The van der Waals surface area contributed by atoms with E-state index in [9.17, 15) is 9.59 Å². The molecule has 15 nitrogen and oxygen atoms in total. The molecule has 0 heterocycles. The van der Waals surface area contributed by atoms with Crippen molar-refractivity contribution < 1.29 is 57.0 Å². The monoisotopic (exact) mass is 833 g/mol. The predicted molar refractivity (Wildman–Crippen MR) is 224 cm³/mol. The summed E-state index contributed by atoms with van der Waals surface area (Å²) in [5.41, 5.74) is 3.69. The van der Waals surface area contributed by atoms with Crippen LogP contribution in [0.5, 0.6) is 23.0 Å². The van der Waals surface area contributed by atoms with Crippen molar-refractivity contribution in [1.29, 1.82) is 0 Å². The highest BCUT2D eigenvalue weighted by Gasteiger charge is 2.19. The molecule has 0 saturated carbocycles. The molecule has 4 rings (SSSR count). The van der Waals surface area contributed by atoms with Crippen molar-refractivity contribution in [2.75, 3.05) is 82.9 Å². The van der Waals surface area contributed by atoms with Gasteiger partial charge in [0.15, 0.2) is 27.2 Å². The Morgan fingerprint density at radius 2 is 0.717 bits per heavy atom. The van der Waals surface area contributed by atoms with E-state index in [0.29, 0.717) is 52.2 Å². The molecule has 0 bridgehead atoms. The molecule has 0 saturated heterocycles. The van der Waals surface area contributed by atoms with Gasteiger partial charge in [-0.3, -0.25) is 9.80 Å². The highest BCUT2D eigenvalue weighted by Crippen LogP contribution is 2.20. The molecule has 0 spiro atoms. The lowest BCUT2D eigenvalue weighted by Crippen LogP contribution is -2.32. The number of carbonyl (C=O) groups excluding carboxylic acids is 2. The van der Waals surface area contributed by atoms with Crippen LogP contribution in [-0.2, 0) is 54.6 Å². The fourth-order valence-electron chi connectivity index (χ4n) is 5.95. The molecule has 15 heteroatoms. The van der Waals surface area contributed by atoms with E-state index in [1.807, 2.05) is 111 Å². The van der Waals surface area contributed by atoms with E-state index in [-0.39, 0.29) is 33.2 Å². The molecular weight excluding hydrogens is 775 g/mol. The zero-order chi connectivity index (χ0) is 43.0. The van der Waals surface area contributed by atoms with Crippen molar-refractivity contribution in [3.05, 3.63) is 119 Å². The van der Waals surface area contributed by atoms with E-state index in [1.54, 1.807) is 38.2 Å². The zero-order valence-electron chi connectivity index (χ0n) is 35.5. The SMILES string of the molecule is COc1ccc(CN(Cc2ccc(OC)cc2)C(=O)OCOCOCCC(CCOCOCOC(=O)N(Cc2ccc(OC)cc2)Cc2ccc(OC)cc2)N(C)C)cc1. The molecular formula is C45H59N3O12. The molecule has 0 aliphatic carbocycles. The maximum Gasteiger partial charge on any atom is 0.412 e. The minimum atomic E-state index is -0.520. The first-order chi connectivity index (χ1) is 29.2. The average Bonchev–Trinajstić information content (AvgIpc) is 3.27. The number of ether oxygens (including phenoxy) is 10. The van der Waals surface area contributed by atoms with Gasteiger partial charge in [0.25, 0.3) is 0 Å². The molecule has 0 unspecified atom stereocenters. The van der Waals surface area contributed by atoms with Gasteiger partial charge in [-0.2, -0.15) is 0 Å². The summed E-state index contributed by atoms with van der Waals surface area (Å²) in [6.45, 7) is 1.58. The van der Waals surface area contributed by atoms with E-state index < -0.39 is 12.2 Å². The van der Waals surface area contributed by atoms with Crippen LogP contribution < -0.4 is 18.9 Å². The summed E-state index contributed by atoms with van der Waals surface area (Å²) in [5, 5.41) is 0. The van der Waals surface area contributed by atoms with Gasteiger partial charge < -0.3 is 52.3 Å². The van der Waals surface area contributed by atoms with Crippen molar-refractivity contribution >= 4 is 12.2 Å². The van der Waals surface area contributed by atoms with Crippen LogP contribution in [0, 0.1) is 0 Å². The largest absolute Gasteiger partial charge is 0.497 e. The van der Waals surface area contributed by atoms with Crippen LogP contribution in [0.4, 0.5) is 9.59 Å². The topological polar surface area (TPSA) is 136 Å². The lowest BCUT2D eigenvalue weighted by atomic mass is 10.1. The lowest BCUT2D eigenvalue weighted by molar-refractivity contribution is -0.120. The summed E-state index contributed by atoms with van der Waals surface area (Å²) < 4.78 is 54.2. The first-order valence-electron chi connectivity index (χ1n) is 19.5. The Hall–Kier alpha value is -5.58. The second-order valence-corrected chi connectivity index (χ2v) is 13.8. The molecule has 2 amide bonds. The third-order valence-electron chi connectivity index (χ3n) is 9.43. The Balaban J connectivity index is 1.11. The summed E-state index contributed by atoms with van der Waals surface area (Å²) in [4.78, 5) is 31.5. The van der Waals surface area contributed by atoms with Gasteiger partial charge in [0, 0.05) is 32.2 Å². The van der Waals surface area contributed by atoms with Gasteiger partial charge in [0.05, 0.1) is 41.7 Å². The van der Waals surface area contributed by atoms with Crippen LogP contribution in [0.1, 0.15) is 35.1 Å². The Kier molecular flexibility index (Phi) is 20.8. The summed E-state index contributed by atoms with van der Waals surface area (Å²) in [5.74, 6) is 2.93. The van der Waals surface area contributed by atoms with Gasteiger partial charge in [0.1, 0.15) is 23.0 Å². The maximum atomic E-state index is 13.1. The summed E-state index contributed by atoms with van der Waals surface area (Å²) in [7, 11) is 10.4. The Morgan fingerprint density at radius 3 is 0.967 bits per heavy atom. The van der Waals surface area contributed by atoms with Gasteiger partial charge >= 0.3 is 12.2 Å². The molecule has 0 aliphatic rings. The van der Waals surface area contributed by atoms with Crippen LogP contribution >= 0.6 is 0 Å². The third kappa shape index (κ3) is 17.0. The van der Waals surface area contributed by atoms with E-state index in [0.717, 1.165) is 45.3 Å². The Morgan fingerprint density at radius 1 is 0.433 bits per heavy atom. The van der Waals surface area contributed by atoms with Crippen molar-refractivity contribution in [2.45, 2.75) is 45.1 Å². The molecule has 60 heavy (non-hydrogen) atoms. The van der Waals surface area contributed by atoms with Gasteiger partial charge in [-0.05, 0) is 97.7 Å². The average molecular weight is 834 g/mol. The fourth-order valence-corrected chi connectivity index (χ4v) is 5.95. The molecule has 0 fully saturated rings. The summed E-state index contributed by atoms with van der Waals surface area (Å²) in [6, 6.07) is 30.2. The maximum absolute atomic E-state index is 13.1. The van der Waals surface area contributed by atoms with E-state index >= 15 is 0 Å². The fraction of sp³-hybridized carbons (Fsp3) is 0.422. The second-order valence-electron chi connectivity index (χ2n) is 13.8. The predicted octanol–water partition coefficient (Wildman–Crippen LogP) is 7.31. The quantitative estimate of drug-likeness (QED) is 0.0440. The van der Waals surface area contributed by atoms with Crippen LogP contribution in [0.3, 0.4) is 0 Å². The number of rotatable bonds is 27. The van der Waals surface area contributed by atoms with Crippen molar-refractivity contribution in [3.63, 3.8) is 0 Å². The number of hydrogen-bond acceptors (Lipinski definition) is 13. The lowest BCUT2D eigenvalue weighted by Gasteiger charge is -2.24. The number of hydrogen-bond donors (Lipinski definition) is 0. The van der Waals surface area contributed by atoms with Crippen molar-refractivity contribution in [3.8, 4) is 23.0 Å². The van der Waals surface area contributed by atoms with E-state index in [1.165, 1.54) is 0 Å². The minimum absolute atomic E-state index is 0.0366. The first-order valence-corrected chi connectivity index (χ1v) is 19.5. The third-order valence-corrected chi connectivity index (χ3v) is 9.43. The second kappa shape index (κ2) is 26.5. The number of benzene rings is 4. The van der Waals surface area contributed by atoms with Crippen LogP contribution in [0.2, 0.25) is 0 Å². The van der Waals surface area contributed by atoms with Crippen molar-refractivity contribution in [2.24, 2.45) is 0 Å². The van der Waals surface area contributed by atoms with E-state index in [2.05, 4.69) is 4.90 Å². The van der Waals surface area contributed by atoms with E-state index in [4.69, 9.17) is 47.4 Å². The molecule has 0 radical (unpaired) electrons. The standard InChI is InChI=1S/C45H59N3O12/c1-46(2)39(23-25-55-31-57-33-59-44(49)47(27-35-7-15-40(51-3)16-8-35)28-36-9-17-41(52-4)18-10-36)24-26-56-32-58-34-60-45(50)48(29-37-11-19-42(53-5)20-12-37)30-38-13-21-43(54-6)22-14-38/h7-22,39H,23-34H2,1-6H3. The highest BCUT2D eigenvalue weighted by atomic mass is 16.8. The molecule has 4 aromatic rings. The van der Waals surface area contributed by atoms with Gasteiger partial charge in [-0.1, -0.05) is 48.5 Å². The van der Waals surface area contributed by atoms with Gasteiger partial charge in [0.2, 0.25) is 0 Å². The molecule has 326 valence electrons. The minimum Gasteiger partial charge on any atom is -0.497 e. The number of nitrogens with zero attached hydrogens (tertiary/aromatic N) is 3. The molecule has 0 aliphatic heterocycles. The molecule has 4 aromatic carbocycles. The number of carbonyl (C=O) groups is 2. The number of methoxy groups -OCH3 is 4. The van der Waals surface area contributed by atoms with Crippen molar-refractivity contribution in [1.82, 2.24) is 14.7 Å². The van der Waals surface area contributed by atoms with Gasteiger partial charge in [-0.25, -0.2) is 9.59 Å². The molecule has 0 N–H and O–H groups in total. The number of amides is 2. The first kappa shape index (κ1) is 47.1.